The summed E-state index contributed by atoms with van der Waals surface area (Å²) in [6.07, 6.45) is 4.38. The standard InChI is InChI=1S/C12H22N2O/c1-4-8-14-11(6-7-13-14)12(15)9-10(3)5-2/h6-7,10,12,15H,4-5,8-9H2,1-3H3. The van der Waals surface area contributed by atoms with E-state index < -0.39 is 0 Å². The highest BCUT2D eigenvalue weighted by atomic mass is 16.3. The van der Waals surface area contributed by atoms with Crippen molar-refractivity contribution in [2.45, 2.75) is 52.7 Å². The summed E-state index contributed by atoms with van der Waals surface area (Å²) in [5.74, 6) is 0.560. The molecule has 0 saturated heterocycles. The summed E-state index contributed by atoms with van der Waals surface area (Å²) >= 11 is 0. The maximum Gasteiger partial charge on any atom is 0.0959 e. The highest BCUT2D eigenvalue weighted by Crippen LogP contribution is 2.22. The monoisotopic (exact) mass is 210 g/mol. The second-order valence-electron chi connectivity index (χ2n) is 4.24. The van der Waals surface area contributed by atoms with Crippen molar-refractivity contribution in [1.82, 2.24) is 9.78 Å². The quantitative estimate of drug-likeness (QED) is 0.784. The molecule has 1 rings (SSSR count). The molecule has 1 N–H and O–H groups in total. The van der Waals surface area contributed by atoms with Crippen LogP contribution in [0.3, 0.4) is 0 Å². The second kappa shape index (κ2) is 5.91. The zero-order valence-electron chi connectivity index (χ0n) is 9.98. The summed E-state index contributed by atoms with van der Waals surface area (Å²) < 4.78 is 1.91. The molecule has 2 atom stereocenters. The van der Waals surface area contributed by atoms with Gasteiger partial charge in [-0.3, -0.25) is 4.68 Å². The van der Waals surface area contributed by atoms with E-state index in [-0.39, 0.29) is 6.10 Å². The number of aromatic nitrogens is 2. The van der Waals surface area contributed by atoms with E-state index >= 15 is 0 Å². The van der Waals surface area contributed by atoms with Crippen LogP contribution < -0.4 is 0 Å². The summed E-state index contributed by atoms with van der Waals surface area (Å²) in [6, 6.07) is 1.92. The van der Waals surface area contributed by atoms with Crippen molar-refractivity contribution >= 4 is 0 Å². The molecular weight excluding hydrogens is 188 g/mol. The molecular formula is C12H22N2O. The third-order valence-corrected chi connectivity index (χ3v) is 2.85. The van der Waals surface area contributed by atoms with E-state index in [0.717, 1.165) is 31.5 Å². The molecule has 0 saturated carbocycles. The van der Waals surface area contributed by atoms with Crippen LogP contribution in [0, 0.1) is 5.92 Å². The molecule has 0 fully saturated rings. The third kappa shape index (κ3) is 3.34. The topological polar surface area (TPSA) is 38.0 Å². The molecule has 0 radical (unpaired) electrons. The largest absolute Gasteiger partial charge is 0.387 e. The molecule has 0 aliphatic carbocycles. The van der Waals surface area contributed by atoms with Crippen molar-refractivity contribution < 1.29 is 5.11 Å². The first-order chi connectivity index (χ1) is 7.19. The molecule has 0 spiro atoms. The molecule has 0 aliphatic rings. The Morgan fingerprint density at radius 2 is 2.20 bits per heavy atom. The number of aliphatic hydroxyl groups is 1. The Bertz CT molecular complexity index is 283. The average molecular weight is 210 g/mol. The Morgan fingerprint density at radius 3 is 2.80 bits per heavy atom. The van der Waals surface area contributed by atoms with Gasteiger partial charge >= 0.3 is 0 Å². The predicted octanol–water partition coefficient (Wildman–Crippen LogP) is 2.76. The van der Waals surface area contributed by atoms with Crippen LogP contribution in [-0.2, 0) is 6.54 Å². The Labute approximate surface area is 92.1 Å². The van der Waals surface area contributed by atoms with Gasteiger partial charge in [0.2, 0.25) is 0 Å². The number of hydrogen-bond acceptors (Lipinski definition) is 2. The lowest BCUT2D eigenvalue weighted by molar-refractivity contribution is 0.136. The normalized spacial score (nSPS) is 15.2. The van der Waals surface area contributed by atoms with Gasteiger partial charge in [-0.25, -0.2) is 0 Å². The first kappa shape index (κ1) is 12.2. The van der Waals surface area contributed by atoms with Crippen LogP contribution in [0.1, 0.15) is 51.8 Å². The third-order valence-electron chi connectivity index (χ3n) is 2.85. The second-order valence-corrected chi connectivity index (χ2v) is 4.24. The van der Waals surface area contributed by atoms with Gasteiger partial charge in [0.25, 0.3) is 0 Å². The molecule has 86 valence electrons. The number of hydrogen-bond donors (Lipinski definition) is 1. The minimum absolute atomic E-state index is 0.367. The molecule has 0 aliphatic heterocycles. The number of rotatable bonds is 6. The van der Waals surface area contributed by atoms with Crippen molar-refractivity contribution in [2.75, 3.05) is 0 Å². The maximum absolute atomic E-state index is 10.1. The summed E-state index contributed by atoms with van der Waals surface area (Å²) in [5, 5.41) is 14.3. The van der Waals surface area contributed by atoms with E-state index in [1.807, 2.05) is 10.7 Å². The minimum atomic E-state index is -0.367. The average Bonchev–Trinajstić information content (AvgIpc) is 2.66. The van der Waals surface area contributed by atoms with Crippen LogP contribution in [0.2, 0.25) is 0 Å². The summed E-state index contributed by atoms with van der Waals surface area (Å²) in [4.78, 5) is 0. The van der Waals surface area contributed by atoms with Crippen LogP contribution in [-0.4, -0.2) is 14.9 Å². The van der Waals surface area contributed by atoms with E-state index in [1.54, 1.807) is 6.20 Å². The van der Waals surface area contributed by atoms with E-state index in [0.29, 0.717) is 5.92 Å². The van der Waals surface area contributed by atoms with Gasteiger partial charge < -0.3 is 5.11 Å². The summed E-state index contributed by atoms with van der Waals surface area (Å²) in [6.45, 7) is 7.33. The molecule has 3 heteroatoms. The molecule has 1 aromatic rings. The van der Waals surface area contributed by atoms with Crippen molar-refractivity contribution in [2.24, 2.45) is 5.92 Å². The highest BCUT2D eigenvalue weighted by molar-refractivity contribution is 5.04. The molecule has 2 unspecified atom stereocenters. The van der Waals surface area contributed by atoms with Crippen LogP contribution in [0.4, 0.5) is 0 Å². The van der Waals surface area contributed by atoms with Crippen molar-refractivity contribution in [3.05, 3.63) is 18.0 Å². The van der Waals surface area contributed by atoms with Crippen LogP contribution in [0.5, 0.6) is 0 Å². The van der Waals surface area contributed by atoms with E-state index in [2.05, 4.69) is 25.9 Å². The number of aryl methyl sites for hydroxylation is 1. The van der Waals surface area contributed by atoms with Gasteiger partial charge in [0.05, 0.1) is 11.8 Å². The Morgan fingerprint density at radius 1 is 1.47 bits per heavy atom. The Hall–Kier alpha value is -0.830. The van der Waals surface area contributed by atoms with Crippen LogP contribution in [0.15, 0.2) is 12.3 Å². The maximum atomic E-state index is 10.1. The van der Waals surface area contributed by atoms with E-state index in [1.165, 1.54) is 0 Å². The number of aliphatic hydroxyl groups excluding tert-OH is 1. The first-order valence-electron chi connectivity index (χ1n) is 5.88. The molecule has 1 heterocycles. The molecule has 1 aromatic heterocycles. The van der Waals surface area contributed by atoms with Gasteiger partial charge in [-0.1, -0.05) is 27.2 Å². The fraction of sp³-hybridized carbons (Fsp3) is 0.750. The highest BCUT2D eigenvalue weighted by Gasteiger charge is 2.15. The van der Waals surface area contributed by atoms with Crippen molar-refractivity contribution in [3.63, 3.8) is 0 Å². The van der Waals surface area contributed by atoms with E-state index in [4.69, 9.17) is 0 Å². The molecule has 3 nitrogen and oxygen atoms in total. The van der Waals surface area contributed by atoms with Crippen LogP contribution >= 0.6 is 0 Å². The van der Waals surface area contributed by atoms with Crippen molar-refractivity contribution in [1.29, 1.82) is 0 Å². The van der Waals surface area contributed by atoms with Gasteiger partial charge in [-0.15, -0.1) is 0 Å². The molecule has 0 aromatic carbocycles. The SMILES string of the molecule is CCCn1nccc1C(O)CC(C)CC. The van der Waals surface area contributed by atoms with E-state index in [9.17, 15) is 5.11 Å². The lowest BCUT2D eigenvalue weighted by atomic mass is 9.99. The van der Waals surface area contributed by atoms with Gasteiger partial charge in [0, 0.05) is 12.7 Å². The Balaban J connectivity index is 2.63. The molecule has 0 bridgehead atoms. The van der Waals surface area contributed by atoms with Gasteiger partial charge in [-0.05, 0) is 24.8 Å². The minimum Gasteiger partial charge on any atom is -0.387 e. The summed E-state index contributed by atoms with van der Waals surface area (Å²) in [7, 11) is 0. The number of nitrogens with zero attached hydrogens (tertiary/aromatic N) is 2. The lowest BCUT2D eigenvalue weighted by Gasteiger charge is -2.16. The molecule has 0 amide bonds. The fourth-order valence-electron chi connectivity index (χ4n) is 1.69. The van der Waals surface area contributed by atoms with Gasteiger partial charge in [-0.2, -0.15) is 5.10 Å². The zero-order chi connectivity index (χ0) is 11.3. The smallest absolute Gasteiger partial charge is 0.0959 e. The molecule has 15 heavy (non-hydrogen) atoms. The first-order valence-corrected chi connectivity index (χ1v) is 5.88. The zero-order valence-corrected chi connectivity index (χ0v) is 9.98. The Kier molecular flexibility index (Phi) is 4.82. The van der Waals surface area contributed by atoms with Crippen LogP contribution in [0.25, 0.3) is 0 Å². The lowest BCUT2D eigenvalue weighted by Crippen LogP contribution is -2.11. The van der Waals surface area contributed by atoms with Gasteiger partial charge in [0.15, 0.2) is 0 Å². The van der Waals surface area contributed by atoms with Crippen molar-refractivity contribution in [3.8, 4) is 0 Å². The van der Waals surface area contributed by atoms with Gasteiger partial charge in [0.1, 0.15) is 0 Å². The fourth-order valence-corrected chi connectivity index (χ4v) is 1.69. The summed E-state index contributed by atoms with van der Waals surface area (Å²) in [5.41, 5.74) is 0.956. The predicted molar refractivity (Wildman–Crippen MR) is 61.5 cm³/mol.